The first kappa shape index (κ1) is 14.5. The maximum Gasteiger partial charge on any atom is 0.0541 e. The van der Waals surface area contributed by atoms with Crippen LogP contribution in [0.3, 0.4) is 0 Å². The third kappa shape index (κ3) is 2.85. The lowest BCUT2D eigenvalue weighted by molar-refractivity contribution is 0.110. The number of nitrogens with two attached hydrogens (primary N) is 1. The van der Waals surface area contributed by atoms with E-state index in [9.17, 15) is 0 Å². The van der Waals surface area contributed by atoms with Crippen LogP contribution in [0, 0.1) is 0 Å². The molecular weight excluding hydrogens is 232 g/mol. The average Bonchev–Trinajstić information content (AvgIpc) is 2.39. The van der Waals surface area contributed by atoms with E-state index in [1.807, 2.05) is 0 Å². The smallest absolute Gasteiger partial charge is 0.0541 e. The van der Waals surface area contributed by atoms with E-state index < -0.39 is 0 Å². The Hall–Kier alpha value is -0.860. The summed E-state index contributed by atoms with van der Waals surface area (Å²) in [5.41, 5.74) is 9.32. The number of fused-ring (bicyclic) bond motifs is 1. The molecule has 0 spiro atoms. The fourth-order valence-corrected chi connectivity index (χ4v) is 3.60. The van der Waals surface area contributed by atoms with E-state index in [1.165, 1.54) is 30.4 Å². The minimum absolute atomic E-state index is 0.223. The third-order valence-electron chi connectivity index (χ3n) is 4.44. The number of nitrogens with zero attached hydrogens (tertiary/aromatic N) is 1. The zero-order valence-electron chi connectivity index (χ0n) is 12.7. The van der Waals surface area contributed by atoms with Gasteiger partial charge in [-0.25, -0.2) is 0 Å². The van der Waals surface area contributed by atoms with Gasteiger partial charge in [-0.1, -0.05) is 38.1 Å². The molecule has 0 amide bonds. The van der Waals surface area contributed by atoms with E-state index in [2.05, 4.69) is 49.9 Å². The molecule has 2 N–H and O–H groups in total. The molecule has 0 aliphatic heterocycles. The first-order valence-corrected chi connectivity index (χ1v) is 7.72. The molecule has 0 radical (unpaired) electrons. The molecule has 2 unspecified atom stereocenters. The van der Waals surface area contributed by atoms with Gasteiger partial charge in [0.2, 0.25) is 0 Å². The van der Waals surface area contributed by atoms with Crippen molar-refractivity contribution >= 4 is 0 Å². The average molecular weight is 260 g/mol. The molecule has 0 heterocycles. The van der Waals surface area contributed by atoms with Gasteiger partial charge >= 0.3 is 0 Å². The van der Waals surface area contributed by atoms with Gasteiger partial charge in [0.1, 0.15) is 0 Å². The third-order valence-corrected chi connectivity index (χ3v) is 4.44. The number of rotatable bonds is 5. The van der Waals surface area contributed by atoms with Crippen molar-refractivity contribution in [3.05, 3.63) is 35.4 Å². The van der Waals surface area contributed by atoms with E-state index in [4.69, 9.17) is 5.73 Å². The summed E-state index contributed by atoms with van der Waals surface area (Å²) in [6, 6.07) is 9.18. The SMILES string of the molecule is CCCN(CCC)C1CCc2ccccc2C1(C)N. The molecule has 0 fully saturated rings. The lowest BCUT2D eigenvalue weighted by atomic mass is 9.74. The molecule has 2 rings (SSSR count). The van der Waals surface area contributed by atoms with Crippen molar-refractivity contribution in [2.75, 3.05) is 13.1 Å². The number of hydrogen-bond donors (Lipinski definition) is 1. The Labute approximate surface area is 118 Å². The highest BCUT2D eigenvalue weighted by Crippen LogP contribution is 2.36. The first-order valence-electron chi connectivity index (χ1n) is 7.72. The predicted molar refractivity (Wildman–Crippen MR) is 82.2 cm³/mol. The van der Waals surface area contributed by atoms with Gasteiger partial charge in [-0.2, -0.15) is 0 Å². The van der Waals surface area contributed by atoms with Gasteiger partial charge in [0.05, 0.1) is 5.54 Å². The van der Waals surface area contributed by atoms with Crippen molar-refractivity contribution in [2.24, 2.45) is 5.73 Å². The molecule has 1 aliphatic carbocycles. The van der Waals surface area contributed by atoms with Crippen LogP contribution in [0.25, 0.3) is 0 Å². The second kappa shape index (κ2) is 6.06. The predicted octanol–water partition coefficient (Wildman–Crippen LogP) is 3.30. The van der Waals surface area contributed by atoms with Gasteiger partial charge in [0, 0.05) is 6.04 Å². The highest BCUT2D eigenvalue weighted by molar-refractivity contribution is 5.37. The standard InChI is InChI=1S/C17H28N2/c1-4-12-19(13-5-2)16-11-10-14-8-6-7-9-15(14)17(16,3)18/h6-9,16H,4-5,10-13,18H2,1-3H3. The molecule has 0 saturated heterocycles. The Balaban J connectivity index is 2.28. The zero-order valence-corrected chi connectivity index (χ0v) is 12.7. The fraction of sp³-hybridized carbons (Fsp3) is 0.647. The van der Waals surface area contributed by atoms with Gasteiger partial charge < -0.3 is 5.73 Å². The molecule has 2 nitrogen and oxygen atoms in total. The Morgan fingerprint density at radius 3 is 2.47 bits per heavy atom. The summed E-state index contributed by atoms with van der Waals surface area (Å²) in [6.45, 7) is 9.05. The van der Waals surface area contributed by atoms with Crippen LogP contribution in [0.2, 0.25) is 0 Å². The van der Waals surface area contributed by atoms with Gasteiger partial charge in [-0.3, -0.25) is 4.90 Å². The highest BCUT2D eigenvalue weighted by atomic mass is 15.2. The van der Waals surface area contributed by atoms with Crippen molar-refractivity contribution in [1.82, 2.24) is 4.90 Å². The summed E-state index contributed by atoms with van der Waals surface area (Å²) in [7, 11) is 0. The van der Waals surface area contributed by atoms with Crippen LogP contribution in [0.15, 0.2) is 24.3 Å². The van der Waals surface area contributed by atoms with Crippen molar-refractivity contribution in [1.29, 1.82) is 0 Å². The molecule has 0 saturated carbocycles. The second-order valence-electron chi connectivity index (χ2n) is 6.03. The lowest BCUT2D eigenvalue weighted by Crippen LogP contribution is -2.57. The van der Waals surface area contributed by atoms with E-state index >= 15 is 0 Å². The normalized spacial score (nSPS) is 26.5. The van der Waals surface area contributed by atoms with Gasteiger partial charge in [-0.15, -0.1) is 0 Å². The fourth-order valence-electron chi connectivity index (χ4n) is 3.60. The molecule has 2 heteroatoms. The summed E-state index contributed by atoms with van der Waals surface area (Å²) in [4.78, 5) is 2.61. The molecule has 2 atom stereocenters. The Bertz CT molecular complexity index is 405. The van der Waals surface area contributed by atoms with Crippen LogP contribution in [0.1, 0.15) is 51.2 Å². The summed E-state index contributed by atoms with van der Waals surface area (Å²) in [5, 5.41) is 0. The Kier molecular flexibility index (Phi) is 4.64. The first-order chi connectivity index (χ1) is 9.11. The maximum atomic E-state index is 6.75. The quantitative estimate of drug-likeness (QED) is 0.880. The second-order valence-corrected chi connectivity index (χ2v) is 6.03. The maximum absolute atomic E-state index is 6.75. The van der Waals surface area contributed by atoms with E-state index in [0.717, 1.165) is 19.5 Å². The molecule has 1 aromatic carbocycles. The van der Waals surface area contributed by atoms with Crippen LogP contribution < -0.4 is 5.73 Å². The van der Waals surface area contributed by atoms with Gasteiger partial charge in [-0.05, 0) is 56.8 Å². The minimum atomic E-state index is -0.223. The zero-order chi connectivity index (χ0) is 13.9. The molecule has 1 aliphatic rings. The van der Waals surface area contributed by atoms with E-state index in [1.54, 1.807) is 0 Å². The van der Waals surface area contributed by atoms with Crippen molar-refractivity contribution in [3.63, 3.8) is 0 Å². The Morgan fingerprint density at radius 1 is 1.21 bits per heavy atom. The summed E-state index contributed by atoms with van der Waals surface area (Å²) < 4.78 is 0. The highest BCUT2D eigenvalue weighted by Gasteiger charge is 2.39. The minimum Gasteiger partial charge on any atom is -0.320 e. The lowest BCUT2D eigenvalue weighted by Gasteiger charge is -2.46. The van der Waals surface area contributed by atoms with E-state index in [0.29, 0.717) is 6.04 Å². The molecule has 0 bridgehead atoms. The molecular formula is C17H28N2. The van der Waals surface area contributed by atoms with Crippen LogP contribution in [-0.2, 0) is 12.0 Å². The molecule has 19 heavy (non-hydrogen) atoms. The molecule has 106 valence electrons. The van der Waals surface area contributed by atoms with E-state index in [-0.39, 0.29) is 5.54 Å². The van der Waals surface area contributed by atoms with Crippen molar-refractivity contribution in [3.8, 4) is 0 Å². The molecule has 1 aromatic rings. The summed E-state index contributed by atoms with van der Waals surface area (Å²) in [6.07, 6.45) is 4.75. The number of benzene rings is 1. The monoisotopic (exact) mass is 260 g/mol. The summed E-state index contributed by atoms with van der Waals surface area (Å²) in [5.74, 6) is 0. The Morgan fingerprint density at radius 2 is 1.84 bits per heavy atom. The summed E-state index contributed by atoms with van der Waals surface area (Å²) >= 11 is 0. The van der Waals surface area contributed by atoms with Crippen LogP contribution in [-0.4, -0.2) is 24.0 Å². The number of hydrogen-bond acceptors (Lipinski definition) is 2. The van der Waals surface area contributed by atoms with Crippen molar-refractivity contribution < 1.29 is 0 Å². The van der Waals surface area contributed by atoms with Crippen molar-refractivity contribution in [2.45, 2.75) is 58.0 Å². The van der Waals surface area contributed by atoms with Crippen LogP contribution >= 0.6 is 0 Å². The largest absolute Gasteiger partial charge is 0.320 e. The van der Waals surface area contributed by atoms with Gasteiger partial charge in [0.15, 0.2) is 0 Å². The van der Waals surface area contributed by atoms with Crippen LogP contribution in [0.4, 0.5) is 0 Å². The topological polar surface area (TPSA) is 29.3 Å². The van der Waals surface area contributed by atoms with Gasteiger partial charge in [0.25, 0.3) is 0 Å². The molecule has 0 aromatic heterocycles. The van der Waals surface area contributed by atoms with Crippen LogP contribution in [0.5, 0.6) is 0 Å². The number of aryl methyl sites for hydroxylation is 1.